The molecule has 0 saturated carbocycles. The minimum absolute atomic E-state index is 0.591. The number of nitrogens with zero attached hydrogens (tertiary/aromatic N) is 2. The van der Waals surface area contributed by atoms with Crippen LogP contribution in [0.1, 0.15) is 26.7 Å². The van der Waals surface area contributed by atoms with Gasteiger partial charge in [0, 0.05) is 48.2 Å². The maximum Gasteiger partial charge on any atom is 0.0752 e. The van der Waals surface area contributed by atoms with E-state index in [1.165, 1.54) is 48.9 Å². The topological polar surface area (TPSA) is 6.48 Å². The quantitative estimate of drug-likeness (QED) is 0.628. The highest BCUT2D eigenvalue weighted by Crippen LogP contribution is 2.51. The van der Waals surface area contributed by atoms with Crippen molar-refractivity contribution in [3.8, 4) is 0 Å². The van der Waals surface area contributed by atoms with Crippen LogP contribution in [0.2, 0.25) is 0 Å². The Morgan fingerprint density at radius 2 is 1.00 bits per heavy atom. The molecule has 22 heavy (non-hydrogen) atoms. The van der Waals surface area contributed by atoms with Crippen molar-refractivity contribution in [2.75, 3.05) is 50.2 Å². The molecular weight excluding hydrogens is 348 g/mol. The molecule has 0 aromatic heterocycles. The molecule has 2 spiro atoms. The first-order valence-corrected chi connectivity index (χ1v) is 12.3. The molecule has 4 heterocycles. The fraction of sp³-hybridized carbons (Fsp3) is 1.00. The van der Waals surface area contributed by atoms with E-state index in [-0.39, 0.29) is 0 Å². The van der Waals surface area contributed by atoms with Crippen molar-refractivity contribution < 1.29 is 0 Å². The Hall–Kier alpha value is 1.32. The first-order chi connectivity index (χ1) is 10.4. The minimum Gasteiger partial charge on any atom is -0.301 e. The summed E-state index contributed by atoms with van der Waals surface area (Å²) >= 11 is 8.72. The average molecular weight is 379 g/mol. The van der Waals surface area contributed by atoms with E-state index in [1.54, 1.807) is 0 Å². The molecule has 4 saturated heterocycles. The van der Waals surface area contributed by atoms with Crippen LogP contribution in [0.3, 0.4) is 0 Å². The summed E-state index contributed by atoms with van der Waals surface area (Å²) in [5.41, 5.74) is 0. The molecule has 4 aliphatic rings. The smallest absolute Gasteiger partial charge is 0.0752 e. The monoisotopic (exact) mass is 378 g/mol. The lowest BCUT2D eigenvalue weighted by Crippen LogP contribution is -2.24. The number of rotatable bonds is 0. The van der Waals surface area contributed by atoms with Crippen molar-refractivity contribution in [2.45, 2.75) is 46.9 Å². The van der Waals surface area contributed by atoms with Gasteiger partial charge in [-0.05, 0) is 40.8 Å². The van der Waals surface area contributed by atoms with Gasteiger partial charge in [-0.25, -0.2) is 0 Å². The third-order valence-corrected chi connectivity index (χ3v) is 12.2. The van der Waals surface area contributed by atoms with Gasteiger partial charge < -0.3 is 9.80 Å². The molecule has 0 N–H and O–H groups in total. The predicted octanol–water partition coefficient (Wildman–Crippen LogP) is 3.77. The van der Waals surface area contributed by atoms with Crippen molar-refractivity contribution in [1.29, 1.82) is 0 Å². The number of hydrogen-bond acceptors (Lipinski definition) is 6. The van der Waals surface area contributed by atoms with Crippen molar-refractivity contribution in [1.82, 2.24) is 9.80 Å². The molecule has 4 fully saturated rings. The predicted molar refractivity (Wildman–Crippen MR) is 109 cm³/mol. The SMILES string of the molecule is C[C@@H]1CC2(CN1C)SCCS2.C[C@@H]1CC2(CN1C)SCCS2. The van der Waals surface area contributed by atoms with E-state index in [9.17, 15) is 0 Å². The van der Waals surface area contributed by atoms with Crippen LogP contribution in [0.25, 0.3) is 0 Å². The fourth-order valence-electron chi connectivity index (χ4n) is 3.82. The summed E-state index contributed by atoms with van der Waals surface area (Å²) in [5.74, 6) is 5.47. The van der Waals surface area contributed by atoms with E-state index in [0.29, 0.717) is 8.16 Å². The lowest BCUT2D eigenvalue weighted by Gasteiger charge is -2.19. The van der Waals surface area contributed by atoms with Gasteiger partial charge in [0.05, 0.1) is 8.16 Å². The molecule has 0 aliphatic carbocycles. The molecule has 0 radical (unpaired) electrons. The molecule has 128 valence electrons. The maximum atomic E-state index is 2.49. The second-order valence-corrected chi connectivity index (χ2v) is 13.6. The molecule has 0 aromatic carbocycles. The highest BCUT2D eigenvalue weighted by atomic mass is 32.2. The van der Waals surface area contributed by atoms with Crippen LogP contribution >= 0.6 is 47.0 Å². The van der Waals surface area contributed by atoms with Crippen LogP contribution in [0.15, 0.2) is 0 Å². The van der Waals surface area contributed by atoms with E-state index in [0.717, 1.165) is 12.1 Å². The standard InChI is InChI=1S/2C8H15NS2/c2*1-7-5-8(6-9(7)2)10-3-4-11-8/h2*7H,3-6H2,1-2H3/t2*7-/m11/s1. The Morgan fingerprint density at radius 1 is 0.682 bits per heavy atom. The number of thioether (sulfide) groups is 4. The molecule has 4 rings (SSSR count). The Morgan fingerprint density at radius 3 is 1.23 bits per heavy atom. The molecule has 4 aliphatic heterocycles. The van der Waals surface area contributed by atoms with E-state index >= 15 is 0 Å². The van der Waals surface area contributed by atoms with Gasteiger partial charge in [-0.3, -0.25) is 0 Å². The molecular formula is C16H30N2S4. The van der Waals surface area contributed by atoms with E-state index in [2.05, 4.69) is 84.8 Å². The van der Waals surface area contributed by atoms with Crippen LogP contribution in [0.5, 0.6) is 0 Å². The Balaban J connectivity index is 0.000000131. The number of likely N-dealkylation sites (tertiary alicyclic amines) is 2. The summed E-state index contributed by atoms with van der Waals surface area (Å²) in [6, 6.07) is 1.60. The van der Waals surface area contributed by atoms with Gasteiger partial charge in [0.1, 0.15) is 0 Å². The van der Waals surface area contributed by atoms with Crippen LogP contribution in [-0.2, 0) is 0 Å². The molecule has 0 amide bonds. The van der Waals surface area contributed by atoms with Gasteiger partial charge in [0.25, 0.3) is 0 Å². The number of hydrogen-bond donors (Lipinski definition) is 0. The third-order valence-electron chi connectivity index (χ3n) is 5.33. The van der Waals surface area contributed by atoms with Gasteiger partial charge in [-0.1, -0.05) is 0 Å². The zero-order valence-corrected chi connectivity index (χ0v) is 17.6. The highest BCUT2D eigenvalue weighted by molar-refractivity contribution is 8.21. The van der Waals surface area contributed by atoms with Crippen molar-refractivity contribution in [3.05, 3.63) is 0 Å². The summed E-state index contributed by atoms with van der Waals surface area (Å²) < 4.78 is 1.18. The van der Waals surface area contributed by atoms with Gasteiger partial charge in [0.15, 0.2) is 0 Å². The van der Waals surface area contributed by atoms with Crippen LogP contribution in [0.4, 0.5) is 0 Å². The lowest BCUT2D eigenvalue weighted by molar-refractivity contribution is 0.330. The highest BCUT2D eigenvalue weighted by Gasteiger charge is 2.44. The van der Waals surface area contributed by atoms with Crippen LogP contribution in [-0.4, -0.2) is 80.2 Å². The Labute approximate surface area is 153 Å². The van der Waals surface area contributed by atoms with Crippen molar-refractivity contribution in [3.63, 3.8) is 0 Å². The summed E-state index contributed by atoms with van der Waals surface area (Å²) in [7, 11) is 4.50. The van der Waals surface area contributed by atoms with Crippen LogP contribution < -0.4 is 0 Å². The second-order valence-electron chi connectivity index (χ2n) is 7.15. The zero-order valence-electron chi connectivity index (χ0n) is 14.3. The lowest BCUT2D eigenvalue weighted by atomic mass is 10.2. The normalized spacial score (nSPS) is 37.1. The minimum atomic E-state index is 0.591. The average Bonchev–Trinajstić information content (AvgIpc) is 3.19. The second kappa shape index (κ2) is 7.28. The first-order valence-electron chi connectivity index (χ1n) is 8.40. The third kappa shape index (κ3) is 3.93. The fourth-order valence-corrected chi connectivity index (χ4v) is 10.9. The zero-order chi connectivity index (χ0) is 15.8. The summed E-state index contributed by atoms with van der Waals surface area (Å²) in [4.78, 5) is 4.98. The molecule has 2 nitrogen and oxygen atoms in total. The summed E-state index contributed by atoms with van der Waals surface area (Å²) in [6.45, 7) is 7.27. The van der Waals surface area contributed by atoms with Gasteiger partial charge >= 0.3 is 0 Å². The summed E-state index contributed by atoms with van der Waals surface area (Å²) in [5, 5.41) is 0. The molecule has 0 unspecified atom stereocenters. The molecule has 0 aromatic rings. The van der Waals surface area contributed by atoms with Crippen molar-refractivity contribution in [2.24, 2.45) is 0 Å². The largest absolute Gasteiger partial charge is 0.301 e. The van der Waals surface area contributed by atoms with Crippen molar-refractivity contribution >= 4 is 47.0 Å². The van der Waals surface area contributed by atoms with E-state index < -0.39 is 0 Å². The van der Waals surface area contributed by atoms with Crippen LogP contribution in [0, 0.1) is 0 Å². The summed E-state index contributed by atoms with van der Waals surface area (Å²) in [6.07, 6.45) is 2.78. The molecule has 6 heteroatoms. The first kappa shape index (κ1) is 18.1. The Kier molecular flexibility index (Phi) is 6.00. The van der Waals surface area contributed by atoms with E-state index in [1.807, 2.05) is 0 Å². The Bertz CT molecular complexity index is 320. The van der Waals surface area contributed by atoms with Gasteiger partial charge in [-0.15, -0.1) is 47.0 Å². The maximum absolute atomic E-state index is 2.49. The van der Waals surface area contributed by atoms with E-state index in [4.69, 9.17) is 0 Å². The molecule has 0 bridgehead atoms. The van der Waals surface area contributed by atoms with Gasteiger partial charge in [0.2, 0.25) is 0 Å². The molecule has 2 atom stereocenters. The van der Waals surface area contributed by atoms with Gasteiger partial charge in [-0.2, -0.15) is 0 Å².